The molecule has 1 atom stereocenters. The summed E-state index contributed by atoms with van der Waals surface area (Å²) in [6, 6.07) is 1.32. The number of nitrogens with zero attached hydrogens (tertiary/aromatic N) is 2. The van der Waals surface area contributed by atoms with Gasteiger partial charge in [-0.15, -0.1) is 0 Å². The quantitative estimate of drug-likeness (QED) is 0.836. The zero-order chi connectivity index (χ0) is 14.5. The van der Waals surface area contributed by atoms with Gasteiger partial charge in [0.1, 0.15) is 11.6 Å². The van der Waals surface area contributed by atoms with Crippen LogP contribution >= 0.6 is 0 Å². The van der Waals surface area contributed by atoms with Gasteiger partial charge in [-0.3, -0.25) is 0 Å². The van der Waals surface area contributed by atoms with E-state index in [1.165, 1.54) is 20.2 Å². The van der Waals surface area contributed by atoms with E-state index in [0.29, 0.717) is 13.0 Å². The lowest BCUT2D eigenvalue weighted by Crippen LogP contribution is -2.25. The zero-order valence-electron chi connectivity index (χ0n) is 11.0. The molecule has 1 heterocycles. The highest BCUT2D eigenvalue weighted by atomic mass is 19.4. The first-order chi connectivity index (χ1) is 8.90. The minimum atomic E-state index is -4.58. The molecule has 108 valence electrons. The summed E-state index contributed by atoms with van der Waals surface area (Å²) in [5, 5.41) is 5.48. The summed E-state index contributed by atoms with van der Waals surface area (Å²) >= 11 is 0. The third-order valence-corrected chi connectivity index (χ3v) is 2.45. The van der Waals surface area contributed by atoms with E-state index in [2.05, 4.69) is 20.6 Å². The molecule has 0 aliphatic heterocycles. The Kier molecular flexibility index (Phi) is 5.34. The van der Waals surface area contributed by atoms with Crippen molar-refractivity contribution in [2.45, 2.75) is 25.6 Å². The Morgan fingerprint density at radius 1 is 1.32 bits per heavy atom. The maximum Gasteiger partial charge on any atom is 0.451 e. The second-order valence-corrected chi connectivity index (χ2v) is 3.91. The van der Waals surface area contributed by atoms with E-state index in [9.17, 15) is 13.2 Å². The monoisotopic (exact) mass is 278 g/mol. The molecule has 1 aromatic heterocycles. The van der Waals surface area contributed by atoms with Crippen molar-refractivity contribution in [2.75, 3.05) is 31.4 Å². The van der Waals surface area contributed by atoms with E-state index >= 15 is 0 Å². The number of ether oxygens (including phenoxy) is 1. The second kappa shape index (κ2) is 6.55. The highest BCUT2D eigenvalue weighted by molar-refractivity contribution is 5.48. The molecule has 0 saturated carbocycles. The van der Waals surface area contributed by atoms with Crippen LogP contribution in [0.25, 0.3) is 0 Å². The number of rotatable bonds is 6. The zero-order valence-corrected chi connectivity index (χ0v) is 11.0. The number of nitrogens with one attached hydrogen (secondary N) is 2. The van der Waals surface area contributed by atoms with Gasteiger partial charge in [-0.1, -0.05) is 6.92 Å². The summed E-state index contributed by atoms with van der Waals surface area (Å²) in [5.41, 5.74) is 0. The molecule has 0 amide bonds. The van der Waals surface area contributed by atoms with E-state index in [4.69, 9.17) is 4.74 Å². The molecule has 0 radical (unpaired) electrons. The topological polar surface area (TPSA) is 59.1 Å². The summed E-state index contributed by atoms with van der Waals surface area (Å²) in [6.07, 6.45) is -3.87. The van der Waals surface area contributed by atoms with Crippen molar-refractivity contribution >= 4 is 11.6 Å². The molecule has 19 heavy (non-hydrogen) atoms. The lowest BCUT2D eigenvalue weighted by Gasteiger charge is -2.18. The Hall–Kier alpha value is -1.57. The van der Waals surface area contributed by atoms with Gasteiger partial charge >= 0.3 is 6.18 Å². The lowest BCUT2D eigenvalue weighted by molar-refractivity contribution is -0.144. The number of methoxy groups -OCH3 is 1. The van der Waals surface area contributed by atoms with Crippen molar-refractivity contribution in [1.82, 2.24) is 9.97 Å². The van der Waals surface area contributed by atoms with Crippen molar-refractivity contribution in [1.29, 1.82) is 0 Å². The molecule has 5 nitrogen and oxygen atoms in total. The van der Waals surface area contributed by atoms with Gasteiger partial charge in [0.15, 0.2) is 0 Å². The normalized spacial score (nSPS) is 13.2. The first-order valence-electron chi connectivity index (χ1n) is 5.80. The van der Waals surface area contributed by atoms with Crippen LogP contribution in [0, 0.1) is 0 Å². The average molecular weight is 278 g/mol. The van der Waals surface area contributed by atoms with Crippen molar-refractivity contribution in [3.63, 3.8) is 0 Å². The molecular formula is C11H17F3N4O. The van der Waals surface area contributed by atoms with Crippen LogP contribution in [0.1, 0.15) is 19.2 Å². The van der Waals surface area contributed by atoms with Gasteiger partial charge in [-0.25, -0.2) is 9.97 Å². The van der Waals surface area contributed by atoms with Crippen LogP contribution in [-0.2, 0) is 10.9 Å². The van der Waals surface area contributed by atoms with Gasteiger partial charge in [-0.05, 0) is 6.42 Å². The van der Waals surface area contributed by atoms with E-state index < -0.39 is 12.0 Å². The summed E-state index contributed by atoms with van der Waals surface area (Å²) in [6.45, 7) is 2.29. The van der Waals surface area contributed by atoms with Gasteiger partial charge < -0.3 is 15.4 Å². The van der Waals surface area contributed by atoms with E-state index in [1.54, 1.807) is 0 Å². The molecule has 0 aliphatic carbocycles. The fraction of sp³-hybridized carbons (Fsp3) is 0.636. The predicted molar refractivity (Wildman–Crippen MR) is 66.2 cm³/mol. The minimum Gasteiger partial charge on any atom is -0.383 e. The molecule has 2 N–H and O–H groups in total. The van der Waals surface area contributed by atoms with Gasteiger partial charge in [0.25, 0.3) is 0 Å². The van der Waals surface area contributed by atoms with Gasteiger partial charge in [-0.2, -0.15) is 13.2 Å². The smallest absolute Gasteiger partial charge is 0.383 e. The van der Waals surface area contributed by atoms with Gasteiger partial charge in [0.2, 0.25) is 5.82 Å². The highest BCUT2D eigenvalue weighted by Gasteiger charge is 2.35. The SMILES string of the molecule is CCC(COC)Nc1cc(NC)nc(C(F)(F)F)n1. The van der Waals surface area contributed by atoms with Crippen LogP contribution in [0.2, 0.25) is 0 Å². The molecule has 0 aliphatic rings. The third-order valence-electron chi connectivity index (χ3n) is 2.45. The summed E-state index contributed by atoms with van der Waals surface area (Å²) in [7, 11) is 3.03. The molecule has 1 aromatic rings. The van der Waals surface area contributed by atoms with Gasteiger partial charge in [0.05, 0.1) is 12.6 Å². The standard InChI is InChI=1S/C11H17F3N4O/c1-4-7(6-19-3)16-9-5-8(15-2)17-10(18-9)11(12,13)14/h5,7H,4,6H2,1-3H3,(H2,15,16,17,18). The van der Waals surface area contributed by atoms with Crippen LogP contribution in [0.5, 0.6) is 0 Å². The third kappa shape index (κ3) is 4.55. The van der Waals surface area contributed by atoms with Crippen molar-refractivity contribution < 1.29 is 17.9 Å². The van der Waals surface area contributed by atoms with Crippen molar-refractivity contribution in [3.05, 3.63) is 11.9 Å². The largest absolute Gasteiger partial charge is 0.451 e. The van der Waals surface area contributed by atoms with Crippen molar-refractivity contribution in [2.24, 2.45) is 0 Å². The summed E-state index contributed by atoms with van der Waals surface area (Å²) < 4.78 is 42.9. The van der Waals surface area contributed by atoms with E-state index in [0.717, 1.165) is 0 Å². The van der Waals surface area contributed by atoms with Crippen LogP contribution in [0.3, 0.4) is 0 Å². The Labute approximate surface area is 109 Å². The number of hydrogen-bond acceptors (Lipinski definition) is 5. The molecule has 8 heteroatoms. The summed E-state index contributed by atoms with van der Waals surface area (Å²) in [5.74, 6) is -0.943. The Balaban J connectivity index is 3.00. The molecule has 0 aromatic carbocycles. The minimum absolute atomic E-state index is 0.106. The maximum absolute atomic E-state index is 12.6. The molecule has 0 spiro atoms. The predicted octanol–water partition coefficient (Wildman–Crippen LogP) is 2.37. The first-order valence-corrected chi connectivity index (χ1v) is 5.80. The van der Waals surface area contributed by atoms with Gasteiger partial charge in [0, 0.05) is 20.2 Å². The number of aromatic nitrogens is 2. The lowest BCUT2D eigenvalue weighted by atomic mass is 10.2. The fourth-order valence-electron chi connectivity index (χ4n) is 1.45. The second-order valence-electron chi connectivity index (χ2n) is 3.91. The Morgan fingerprint density at radius 3 is 2.42 bits per heavy atom. The first kappa shape index (κ1) is 15.5. The number of halogens is 3. The highest BCUT2D eigenvalue weighted by Crippen LogP contribution is 2.28. The molecular weight excluding hydrogens is 261 g/mol. The average Bonchev–Trinajstić information content (AvgIpc) is 2.36. The maximum atomic E-state index is 12.6. The number of hydrogen-bond donors (Lipinski definition) is 2. The van der Waals surface area contributed by atoms with Crippen molar-refractivity contribution in [3.8, 4) is 0 Å². The fourth-order valence-corrected chi connectivity index (χ4v) is 1.45. The Morgan fingerprint density at radius 2 is 1.95 bits per heavy atom. The van der Waals surface area contributed by atoms with E-state index in [1.807, 2.05) is 6.92 Å². The van der Waals surface area contributed by atoms with Crippen LogP contribution in [0.15, 0.2) is 6.07 Å². The van der Waals surface area contributed by atoms with E-state index in [-0.39, 0.29) is 17.7 Å². The van der Waals surface area contributed by atoms with Crippen LogP contribution in [-0.4, -0.2) is 36.8 Å². The molecule has 1 unspecified atom stereocenters. The number of alkyl halides is 3. The van der Waals surface area contributed by atoms with Crippen LogP contribution < -0.4 is 10.6 Å². The Bertz CT molecular complexity index is 411. The molecule has 0 bridgehead atoms. The number of anilines is 2. The molecule has 0 fully saturated rings. The van der Waals surface area contributed by atoms with Crippen LogP contribution in [0.4, 0.5) is 24.8 Å². The molecule has 1 rings (SSSR count). The molecule has 0 saturated heterocycles. The summed E-state index contributed by atoms with van der Waals surface area (Å²) in [4.78, 5) is 6.86.